The number of methoxy groups -OCH3 is 4. The molecular weight excluding hydrogens is 1870 g/mol. The standard InChI is InChI=1S/C54H91N5O13S.C50H83N5O13S/c1-15-37(6)49(58(12)53(65)41(35(2)3)33-44(60)48(36(4)5)57(11)27-29-71-31-30-70-28-25-47(62)72-54(8,9)10)45(68-13)34-46(61)59-26-19-22-43(59)50(69-14)38(7)51(63)55-42(32-39-20-17-16-18-21-39)52(64)56-73(66,67)40-23-24-40;1-12-34(6)46(54(9)50(62)38(32(2)3)30-41(56)45(33(4)5)53(8)24-26-68-28-27-67-25-22-44(58)59)42(65-10)31-43(57)55-23-16-19-40(55)47(66-11)35(7)48(60)51-39(29-36-17-14-13-15-18-36)49(61)52-69(63,64)37-20-21-37/h16-18,20-21,35-38,40-43,45,48-50H,15,19,22-34H2,1-14H3,(H,55,63)(H,56,64);13-15,17-18,32-35,37-40,42,45-47H,12,16,19-31H2,1-11H3,(H,51,60)(H,52,61)(H,58,59)/t37-,38+,41-,42-,43-,45+,48-,49-,50+;34-,35+,38-,39-,40-,42+,45-,46-,47+/m00/s1. The molecule has 36 nitrogen and oxygen atoms in total. The van der Waals surface area contributed by atoms with Crippen molar-refractivity contribution in [3.63, 3.8) is 0 Å². The molecule has 2 aromatic carbocycles. The van der Waals surface area contributed by atoms with Crippen molar-refractivity contribution in [1.82, 2.24) is 49.5 Å². The minimum atomic E-state index is -3.88. The second-order valence-corrected chi connectivity index (χ2v) is 45.3. The van der Waals surface area contributed by atoms with E-state index in [1.165, 1.54) is 28.4 Å². The Hall–Kier alpha value is -8.02. The number of nitrogens with zero attached hydrogens (tertiary/aromatic N) is 6. The van der Waals surface area contributed by atoms with Crippen LogP contribution in [0, 0.1) is 59.2 Å². The van der Waals surface area contributed by atoms with Crippen LogP contribution in [0.2, 0.25) is 0 Å². The number of aliphatic carboxylic acids is 1. The van der Waals surface area contributed by atoms with Crippen LogP contribution in [0.3, 0.4) is 0 Å². The number of likely N-dealkylation sites (N-methyl/N-ethyl adjacent to an activating group) is 4. The lowest BCUT2D eigenvalue weighted by Gasteiger charge is -2.41. The molecule has 0 aromatic heterocycles. The number of sulfonamides is 2. The Morgan fingerprint density at radius 1 is 0.444 bits per heavy atom. The highest BCUT2D eigenvalue weighted by Crippen LogP contribution is 2.36. The molecule has 0 bridgehead atoms. The molecule has 2 saturated carbocycles. The van der Waals surface area contributed by atoms with E-state index in [2.05, 4.69) is 20.1 Å². The molecule has 2 saturated heterocycles. The minimum Gasteiger partial charge on any atom is -0.481 e. The maximum Gasteiger partial charge on any atom is 0.308 e. The zero-order valence-corrected chi connectivity index (χ0v) is 91.1. The summed E-state index contributed by atoms with van der Waals surface area (Å²) in [6.07, 6.45) is 2.81. The van der Waals surface area contributed by atoms with Gasteiger partial charge < -0.3 is 78.0 Å². The van der Waals surface area contributed by atoms with Crippen LogP contribution in [0.15, 0.2) is 60.7 Å². The number of ether oxygens (including phenoxy) is 9. The van der Waals surface area contributed by atoms with Gasteiger partial charge in [0.05, 0.1) is 162 Å². The number of ketones is 2. The third kappa shape index (κ3) is 39.6. The number of benzene rings is 2. The van der Waals surface area contributed by atoms with Crippen LogP contribution in [0.5, 0.6) is 0 Å². The summed E-state index contributed by atoms with van der Waals surface area (Å²) in [7, 11) is 5.44. The molecule has 2 aliphatic heterocycles. The third-order valence-electron chi connectivity index (χ3n) is 28.0. The number of carboxylic acid groups (broad SMARTS) is 1. The highest BCUT2D eigenvalue weighted by Gasteiger charge is 2.49. The number of hydrogen-bond acceptors (Lipinski definition) is 27. The van der Waals surface area contributed by atoms with Gasteiger partial charge in [-0.05, 0) is 133 Å². The number of carbonyl (C=O) groups excluding carboxylic acids is 11. The smallest absolute Gasteiger partial charge is 0.308 e. The van der Waals surface area contributed by atoms with Crippen molar-refractivity contribution >= 4 is 90.8 Å². The first-order valence-corrected chi connectivity index (χ1v) is 54.2. The summed E-state index contributed by atoms with van der Waals surface area (Å²) < 4.78 is 107. The van der Waals surface area contributed by atoms with Crippen LogP contribution >= 0.6 is 0 Å². The maximum atomic E-state index is 14.7. The van der Waals surface area contributed by atoms with E-state index in [1.54, 1.807) is 96.1 Å². The fourth-order valence-electron chi connectivity index (χ4n) is 19.4. The SMILES string of the molecule is CC[C@H](C)[C@@H]([C@@H](CC(=O)N1CCC[C@H]1[C@H](OC)[C@@H](C)C(=O)N[C@@H](Cc1ccccc1)C(=O)NS(=O)(=O)C1CC1)OC)N(C)C(=O)[C@@H](CC(=O)[C@H](C(C)C)N(C)CCOCCOCCC(=O)O)C(C)C.CC[C@H](C)[C@@H]([C@@H](CC(=O)N1CCC[C@H]1[C@H](OC)[C@@H](C)C(=O)N[C@@H](Cc1ccccc1)C(=O)NS(=O)(=O)C1CC1)OC)N(C)C(=O)[C@@H](CC(=O)[C@H](C(C)C)N(C)CCOCCOCCC(=O)OC(C)(C)C)C(C)C. The van der Waals surface area contributed by atoms with Gasteiger partial charge in [0.25, 0.3) is 11.8 Å². The Labute approximate surface area is 846 Å². The second-order valence-electron chi connectivity index (χ2n) is 41.4. The molecule has 2 aliphatic carbocycles. The number of esters is 1. The van der Waals surface area contributed by atoms with Gasteiger partial charge in [0.2, 0.25) is 55.5 Å². The molecular formula is C104H174N10O26S2. The van der Waals surface area contributed by atoms with Crippen molar-refractivity contribution < 1.29 is 122 Å². The Balaban J connectivity index is 0.000000501. The Kier molecular flexibility index (Phi) is 53.4. The van der Waals surface area contributed by atoms with Crippen LogP contribution in [0.25, 0.3) is 0 Å². The number of likely N-dealkylation sites (tertiary alicyclic amines) is 2. The summed E-state index contributed by atoms with van der Waals surface area (Å²) in [5, 5.41) is 13.1. The number of hydrogen-bond donors (Lipinski definition) is 5. The Morgan fingerprint density at radius 3 is 1.08 bits per heavy atom. The van der Waals surface area contributed by atoms with Crippen molar-refractivity contribution in [3.8, 4) is 0 Å². The molecule has 5 N–H and O–H groups in total. The van der Waals surface area contributed by atoms with E-state index in [9.17, 15) is 74.4 Å². The molecule has 4 aliphatic rings. The molecule has 0 unspecified atom stereocenters. The molecule has 142 heavy (non-hydrogen) atoms. The summed E-state index contributed by atoms with van der Waals surface area (Å²) in [4.78, 5) is 175. The first kappa shape index (κ1) is 124. The highest BCUT2D eigenvalue weighted by atomic mass is 32.2. The van der Waals surface area contributed by atoms with Gasteiger partial charge in [0.1, 0.15) is 17.7 Å². The molecule has 4 fully saturated rings. The van der Waals surface area contributed by atoms with Crippen LogP contribution in [0.4, 0.5) is 0 Å². The fraction of sp³-hybridized carbons (Fsp3) is 0.769. The van der Waals surface area contributed by atoms with Gasteiger partial charge in [-0.25, -0.2) is 16.8 Å². The molecule has 8 amide bonds. The lowest BCUT2D eigenvalue weighted by Crippen LogP contribution is -2.55. The van der Waals surface area contributed by atoms with Crippen molar-refractivity contribution in [2.75, 3.05) is 136 Å². The number of rotatable bonds is 66. The van der Waals surface area contributed by atoms with E-state index >= 15 is 0 Å². The number of amides is 8. The van der Waals surface area contributed by atoms with E-state index in [4.69, 9.17) is 47.7 Å². The topological polar surface area (TPSA) is 444 Å². The minimum absolute atomic E-state index is 0.0208. The van der Waals surface area contributed by atoms with Crippen LogP contribution in [-0.4, -0.2) is 347 Å². The molecule has 6 rings (SSSR count). The predicted molar refractivity (Wildman–Crippen MR) is 541 cm³/mol. The average Bonchev–Trinajstić information content (AvgIpc) is 1.77. The van der Waals surface area contributed by atoms with Crippen molar-refractivity contribution in [1.29, 1.82) is 0 Å². The fourth-order valence-corrected chi connectivity index (χ4v) is 22.1. The van der Waals surface area contributed by atoms with E-state index in [0.29, 0.717) is 117 Å². The maximum absolute atomic E-state index is 14.7. The zero-order valence-electron chi connectivity index (χ0n) is 89.5. The van der Waals surface area contributed by atoms with Gasteiger partial charge in [0.15, 0.2) is 11.6 Å². The molecule has 38 heteroatoms. The van der Waals surface area contributed by atoms with E-state index in [1.807, 2.05) is 140 Å². The van der Waals surface area contributed by atoms with Crippen molar-refractivity contribution in [2.24, 2.45) is 59.2 Å². The summed E-state index contributed by atoms with van der Waals surface area (Å²) >= 11 is 0. The van der Waals surface area contributed by atoms with Crippen LogP contribution < -0.4 is 20.1 Å². The van der Waals surface area contributed by atoms with Crippen molar-refractivity contribution in [2.45, 2.75) is 322 Å². The van der Waals surface area contributed by atoms with Crippen molar-refractivity contribution in [3.05, 3.63) is 71.8 Å². The van der Waals surface area contributed by atoms with Gasteiger partial charge in [-0.15, -0.1) is 0 Å². The molecule has 2 heterocycles. The van der Waals surface area contributed by atoms with Crippen LogP contribution in [0.1, 0.15) is 232 Å². The molecule has 0 spiro atoms. The van der Waals surface area contributed by atoms with E-state index in [-0.39, 0.29) is 154 Å². The summed E-state index contributed by atoms with van der Waals surface area (Å²) in [6.45, 7) is 36.5. The molecule has 18 atom stereocenters. The number of Topliss-reactive ketones (excluding diaryl/α,β-unsaturated/α-hetero) is 2. The quantitative estimate of drug-likeness (QED) is 0.0304. The van der Waals surface area contributed by atoms with Gasteiger partial charge in [-0.3, -0.25) is 76.8 Å². The Bertz CT molecular complexity index is 4500. The largest absolute Gasteiger partial charge is 0.481 e. The van der Waals surface area contributed by atoms with Gasteiger partial charge in [0, 0.05) is 106 Å². The lowest BCUT2D eigenvalue weighted by atomic mass is 9.83. The average molecular weight is 2040 g/mol. The number of carbonyl (C=O) groups is 12. The first-order chi connectivity index (χ1) is 66.9. The second kappa shape index (κ2) is 60.9. The zero-order chi connectivity index (χ0) is 106. The van der Waals surface area contributed by atoms with Crippen LogP contribution in [-0.2, 0) is 133 Å². The Morgan fingerprint density at radius 2 is 0.782 bits per heavy atom. The van der Waals surface area contributed by atoms with Gasteiger partial charge in [-0.2, -0.15) is 0 Å². The normalized spacial score (nSPS) is 18.7. The first-order valence-electron chi connectivity index (χ1n) is 51.1. The van der Waals surface area contributed by atoms with Gasteiger partial charge in [-0.1, -0.05) is 170 Å². The van der Waals surface area contributed by atoms with E-state index in [0.717, 1.165) is 11.1 Å². The van der Waals surface area contributed by atoms with Gasteiger partial charge >= 0.3 is 11.9 Å². The third-order valence-corrected chi connectivity index (χ3v) is 31.6. The molecule has 2 aromatic rings. The summed E-state index contributed by atoms with van der Waals surface area (Å²) in [6, 6.07) is 12.6. The molecule has 808 valence electrons. The predicted octanol–water partition coefficient (Wildman–Crippen LogP) is 9.13. The number of carboxylic acids is 1. The highest BCUT2D eigenvalue weighted by molar-refractivity contribution is 7.91. The monoisotopic (exact) mass is 2040 g/mol. The number of nitrogens with one attached hydrogen (secondary N) is 4. The summed E-state index contributed by atoms with van der Waals surface area (Å²) in [5.74, 6) is -8.54. The summed E-state index contributed by atoms with van der Waals surface area (Å²) in [5.41, 5.74) is 0.912. The lowest BCUT2D eigenvalue weighted by molar-refractivity contribution is -0.156. The van der Waals surface area contributed by atoms with E-state index < -0.39 is 162 Å². The molecule has 0 radical (unpaired) electrons.